The highest BCUT2D eigenvalue weighted by Gasteiger charge is 2.18. The first-order valence-electron chi connectivity index (χ1n) is 6.32. The fourth-order valence-electron chi connectivity index (χ4n) is 1.47. The molecule has 104 valence electrons. The van der Waals surface area contributed by atoms with E-state index < -0.39 is 12.1 Å². The first-order valence-corrected chi connectivity index (χ1v) is 6.32. The summed E-state index contributed by atoms with van der Waals surface area (Å²) in [6.07, 6.45) is -0.0966. The van der Waals surface area contributed by atoms with Crippen molar-refractivity contribution >= 4 is 11.9 Å². The van der Waals surface area contributed by atoms with Crippen LogP contribution in [-0.2, 0) is 14.3 Å². The standard InChI is InChI=1S/C14H19NO4/c1-3-12(19-11-8-6-5-7-9-11)14(17)15-10-13(16)18-4-2/h5-9,12H,3-4,10H2,1-2H3,(H,15,17)/t12-/m1/s1. The summed E-state index contributed by atoms with van der Waals surface area (Å²) in [4.78, 5) is 23.0. The third kappa shape index (κ3) is 5.42. The Balaban J connectivity index is 2.46. The summed E-state index contributed by atoms with van der Waals surface area (Å²) >= 11 is 0. The second kappa shape index (κ2) is 8.13. The van der Waals surface area contributed by atoms with E-state index in [4.69, 9.17) is 9.47 Å². The van der Waals surface area contributed by atoms with E-state index in [2.05, 4.69) is 5.32 Å². The van der Waals surface area contributed by atoms with Gasteiger partial charge < -0.3 is 14.8 Å². The fraction of sp³-hybridized carbons (Fsp3) is 0.429. The van der Waals surface area contributed by atoms with Gasteiger partial charge in [-0.05, 0) is 25.5 Å². The zero-order chi connectivity index (χ0) is 14.1. The monoisotopic (exact) mass is 265 g/mol. The molecule has 0 saturated carbocycles. The topological polar surface area (TPSA) is 64.6 Å². The van der Waals surface area contributed by atoms with Crippen molar-refractivity contribution in [3.63, 3.8) is 0 Å². The molecule has 0 saturated heterocycles. The van der Waals surface area contributed by atoms with Gasteiger partial charge in [-0.3, -0.25) is 9.59 Å². The normalized spacial score (nSPS) is 11.5. The Kier molecular flexibility index (Phi) is 6.43. The van der Waals surface area contributed by atoms with E-state index in [0.29, 0.717) is 18.8 Å². The van der Waals surface area contributed by atoms with E-state index >= 15 is 0 Å². The summed E-state index contributed by atoms with van der Waals surface area (Å²) in [5.74, 6) is -0.148. The average Bonchev–Trinajstić information content (AvgIpc) is 2.43. The van der Waals surface area contributed by atoms with Crippen molar-refractivity contribution in [2.75, 3.05) is 13.2 Å². The van der Waals surface area contributed by atoms with E-state index in [0.717, 1.165) is 0 Å². The molecule has 0 fully saturated rings. The molecule has 0 aromatic heterocycles. The molecule has 1 rings (SSSR count). The minimum atomic E-state index is -0.614. The zero-order valence-electron chi connectivity index (χ0n) is 11.2. The van der Waals surface area contributed by atoms with Crippen LogP contribution < -0.4 is 10.1 Å². The number of nitrogens with one attached hydrogen (secondary N) is 1. The van der Waals surface area contributed by atoms with Gasteiger partial charge in [0, 0.05) is 0 Å². The van der Waals surface area contributed by atoms with Crippen molar-refractivity contribution in [2.24, 2.45) is 0 Å². The molecule has 1 atom stereocenters. The Morgan fingerprint density at radius 3 is 2.47 bits per heavy atom. The number of hydrogen-bond donors (Lipinski definition) is 1. The molecule has 1 N–H and O–H groups in total. The third-order valence-electron chi connectivity index (χ3n) is 2.40. The van der Waals surface area contributed by atoms with Gasteiger partial charge in [0.15, 0.2) is 6.10 Å². The lowest BCUT2D eigenvalue weighted by molar-refractivity contribution is -0.144. The second-order valence-corrected chi connectivity index (χ2v) is 3.85. The summed E-state index contributed by atoms with van der Waals surface area (Å²) in [6, 6.07) is 9.09. The summed E-state index contributed by atoms with van der Waals surface area (Å²) in [7, 11) is 0. The summed E-state index contributed by atoms with van der Waals surface area (Å²) in [5, 5.41) is 2.50. The van der Waals surface area contributed by atoms with Crippen LogP contribution in [0.4, 0.5) is 0 Å². The van der Waals surface area contributed by atoms with Gasteiger partial charge in [-0.15, -0.1) is 0 Å². The van der Waals surface area contributed by atoms with Crippen LogP contribution >= 0.6 is 0 Å². The SMILES string of the molecule is CCOC(=O)CNC(=O)[C@@H](CC)Oc1ccccc1. The van der Waals surface area contributed by atoms with Gasteiger partial charge in [-0.25, -0.2) is 0 Å². The zero-order valence-corrected chi connectivity index (χ0v) is 11.2. The number of amides is 1. The Morgan fingerprint density at radius 2 is 1.89 bits per heavy atom. The van der Waals surface area contributed by atoms with Gasteiger partial charge in [-0.1, -0.05) is 25.1 Å². The highest BCUT2D eigenvalue weighted by molar-refractivity contribution is 5.85. The fourth-order valence-corrected chi connectivity index (χ4v) is 1.47. The predicted octanol–water partition coefficient (Wildman–Crippen LogP) is 1.52. The van der Waals surface area contributed by atoms with Crippen molar-refractivity contribution in [3.8, 4) is 5.75 Å². The van der Waals surface area contributed by atoms with Crippen LogP contribution in [0, 0.1) is 0 Å². The first-order chi connectivity index (χ1) is 9.17. The molecule has 5 nitrogen and oxygen atoms in total. The lowest BCUT2D eigenvalue weighted by Gasteiger charge is -2.16. The van der Waals surface area contributed by atoms with Crippen molar-refractivity contribution in [3.05, 3.63) is 30.3 Å². The molecule has 1 aromatic carbocycles. The number of para-hydroxylation sites is 1. The number of rotatable bonds is 7. The van der Waals surface area contributed by atoms with Gasteiger partial charge in [0.25, 0.3) is 5.91 Å². The van der Waals surface area contributed by atoms with E-state index in [1.807, 2.05) is 25.1 Å². The van der Waals surface area contributed by atoms with Crippen LogP contribution in [0.25, 0.3) is 0 Å². The molecule has 0 radical (unpaired) electrons. The number of benzene rings is 1. The Labute approximate surface area is 112 Å². The highest BCUT2D eigenvalue weighted by Crippen LogP contribution is 2.12. The van der Waals surface area contributed by atoms with Crippen LogP contribution in [0.2, 0.25) is 0 Å². The molecule has 0 heterocycles. The maximum Gasteiger partial charge on any atom is 0.325 e. The molecule has 1 aromatic rings. The summed E-state index contributed by atoms with van der Waals surface area (Å²) in [6.45, 7) is 3.72. The molecule has 0 aliphatic heterocycles. The largest absolute Gasteiger partial charge is 0.481 e. The smallest absolute Gasteiger partial charge is 0.325 e. The lowest BCUT2D eigenvalue weighted by Crippen LogP contribution is -2.40. The van der Waals surface area contributed by atoms with Gasteiger partial charge in [-0.2, -0.15) is 0 Å². The maximum absolute atomic E-state index is 11.8. The number of carbonyl (C=O) groups is 2. The first kappa shape index (κ1) is 15.0. The maximum atomic E-state index is 11.8. The lowest BCUT2D eigenvalue weighted by atomic mass is 10.2. The van der Waals surface area contributed by atoms with Crippen LogP contribution in [0.3, 0.4) is 0 Å². The molecule has 0 aliphatic carbocycles. The molecule has 19 heavy (non-hydrogen) atoms. The van der Waals surface area contributed by atoms with E-state index in [1.165, 1.54) is 0 Å². The molecule has 5 heteroatoms. The molecule has 0 unspecified atom stereocenters. The second-order valence-electron chi connectivity index (χ2n) is 3.85. The van der Waals surface area contributed by atoms with Crippen molar-refractivity contribution in [2.45, 2.75) is 26.4 Å². The predicted molar refractivity (Wildman–Crippen MR) is 70.8 cm³/mol. The number of esters is 1. The van der Waals surface area contributed by atoms with Crippen LogP contribution in [0.15, 0.2) is 30.3 Å². The van der Waals surface area contributed by atoms with Gasteiger partial charge in [0.05, 0.1) is 6.61 Å². The van der Waals surface area contributed by atoms with Gasteiger partial charge >= 0.3 is 5.97 Å². The molecule has 0 bridgehead atoms. The molecular formula is C14H19NO4. The molecule has 0 aliphatic rings. The summed E-state index contributed by atoms with van der Waals surface area (Å²) in [5.41, 5.74) is 0. The average molecular weight is 265 g/mol. The molecule has 1 amide bonds. The van der Waals surface area contributed by atoms with Gasteiger partial charge in [0.2, 0.25) is 0 Å². The van der Waals surface area contributed by atoms with Crippen LogP contribution in [0.5, 0.6) is 5.75 Å². The number of carbonyl (C=O) groups excluding carboxylic acids is 2. The van der Waals surface area contributed by atoms with E-state index in [9.17, 15) is 9.59 Å². The quantitative estimate of drug-likeness (QED) is 0.759. The minimum absolute atomic E-state index is 0.138. The molecule has 0 spiro atoms. The van der Waals surface area contributed by atoms with Crippen LogP contribution in [0.1, 0.15) is 20.3 Å². The number of hydrogen-bond acceptors (Lipinski definition) is 4. The van der Waals surface area contributed by atoms with Crippen molar-refractivity contribution in [1.29, 1.82) is 0 Å². The highest BCUT2D eigenvalue weighted by atomic mass is 16.5. The number of ether oxygens (including phenoxy) is 2. The Bertz CT molecular complexity index is 405. The van der Waals surface area contributed by atoms with Crippen LogP contribution in [-0.4, -0.2) is 31.1 Å². The van der Waals surface area contributed by atoms with Crippen molar-refractivity contribution < 1.29 is 19.1 Å². The van der Waals surface area contributed by atoms with Crippen molar-refractivity contribution in [1.82, 2.24) is 5.32 Å². The third-order valence-corrected chi connectivity index (χ3v) is 2.40. The van der Waals surface area contributed by atoms with E-state index in [-0.39, 0.29) is 12.5 Å². The summed E-state index contributed by atoms with van der Waals surface area (Å²) < 4.78 is 10.3. The van der Waals surface area contributed by atoms with Gasteiger partial charge in [0.1, 0.15) is 12.3 Å². The molecular weight excluding hydrogens is 246 g/mol. The Morgan fingerprint density at radius 1 is 1.21 bits per heavy atom. The van der Waals surface area contributed by atoms with E-state index in [1.54, 1.807) is 19.1 Å². The minimum Gasteiger partial charge on any atom is -0.481 e. The Hall–Kier alpha value is -2.04.